The minimum absolute atomic E-state index is 0.0266. The Morgan fingerprint density at radius 1 is 1.26 bits per heavy atom. The molecule has 1 aromatic heterocycles. The van der Waals surface area contributed by atoms with Gasteiger partial charge >= 0.3 is 6.18 Å². The molecule has 0 unspecified atom stereocenters. The third-order valence-electron chi connectivity index (χ3n) is 3.42. The molecule has 0 atom stereocenters. The van der Waals surface area contributed by atoms with Gasteiger partial charge in [-0.25, -0.2) is 4.98 Å². The number of halogens is 3. The number of alkyl halides is 3. The molecule has 1 aliphatic rings. The summed E-state index contributed by atoms with van der Waals surface area (Å²) in [6.45, 7) is 1.49. The molecule has 0 saturated carbocycles. The van der Waals surface area contributed by atoms with Crippen LogP contribution >= 0.6 is 0 Å². The highest BCUT2D eigenvalue weighted by Crippen LogP contribution is 2.30. The minimum atomic E-state index is -4.58. The Bertz CT molecular complexity index is 550. The van der Waals surface area contributed by atoms with Crippen LogP contribution in [0.4, 0.5) is 13.2 Å². The molecule has 0 aliphatic carbocycles. The van der Waals surface area contributed by atoms with E-state index in [9.17, 15) is 13.2 Å². The SMILES string of the molecule is N=CN(C=N)Cc1cc(OC2CCNCC2)nc(C(F)(F)F)c1. The van der Waals surface area contributed by atoms with E-state index in [0.29, 0.717) is 12.8 Å². The molecule has 9 heteroatoms. The van der Waals surface area contributed by atoms with Crippen LogP contribution in [0.1, 0.15) is 24.1 Å². The van der Waals surface area contributed by atoms with E-state index in [1.165, 1.54) is 6.07 Å². The van der Waals surface area contributed by atoms with Gasteiger partial charge in [-0.3, -0.25) is 10.8 Å². The van der Waals surface area contributed by atoms with E-state index in [-0.39, 0.29) is 24.1 Å². The number of aromatic nitrogens is 1. The van der Waals surface area contributed by atoms with Crippen molar-refractivity contribution in [3.8, 4) is 5.88 Å². The van der Waals surface area contributed by atoms with Gasteiger partial charge in [-0.05, 0) is 37.6 Å². The Morgan fingerprint density at radius 2 is 1.91 bits per heavy atom. The molecule has 1 fully saturated rings. The van der Waals surface area contributed by atoms with Crippen molar-refractivity contribution in [1.82, 2.24) is 15.2 Å². The van der Waals surface area contributed by atoms with E-state index in [0.717, 1.165) is 36.7 Å². The van der Waals surface area contributed by atoms with E-state index in [4.69, 9.17) is 15.6 Å². The second-order valence-electron chi connectivity index (χ2n) is 5.19. The number of nitrogens with one attached hydrogen (secondary N) is 3. The summed E-state index contributed by atoms with van der Waals surface area (Å²) in [5.41, 5.74) is -0.753. The second-order valence-corrected chi connectivity index (χ2v) is 5.19. The van der Waals surface area contributed by atoms with Crippen LogP contribution < -0.4 is 10.1 Å². The number of ether oxygens (including phenoxy) is 1. The number of piperidine rings is 1. The van der Waals surface area contributed by atoms with Crippen molar-refractivity contribution >= 4 is 12.7 Å². The Labute approximate surface area is 131 Å². The third-order valence-corrected chi connectivity index (χ3v) is 3.42. The fourth-order valence-corrected chi connectivity index (χ4v) is 2.28. The number of nitrogens with zero attached hydrogens (tertiary/aromatic N) is 2. The highest BCUT2D eigenvalue weighted by molar-refractivity contribution is 5.71. The van der Waals surface area contributed by atoms with Crippen molar-refractivity contribution in [3.05, 3.63) is 23.4 Å². The molecule has 1 aliphatic heterocycles. The molecule has 1 aromatic rings. The van der Waals surface area contributed by atoms with Crippen LogP contribution in [0, 0.1) is 10.8 Å². The second kappa shape index (κ2) is 7.40. The maximum Gasteiger partial charge on any atom is 0.433 e. The topological polar surface area (TPSA) is 85.1 Å². The fraction of sp³-hybridized carbons (Fsp3) is 0.500. The molecule has 6 nitrogen and oxygen atoms in total. The number of rotatable bonds is 6. The van der Waals surface area contributed by atoms with Crippen LogP contribution in [0.2, 0.25) is 0 Å². The predicted octanol–water partition coefficient (Wildman–Crippen LogP) is 2.25. The van der Waals surface area contributed by atoms with Gasteiger partial charge in [-0.2, -0.15) is 13.2 Å². The first-order chi connectivity index (χ1) is 10.9. The van der Waals surface area contributed by atoms with E-state index in [2.05, 4.69) is 10.3 Å². The molecule has 0 bridgehead atoms. The number of hydrogen-bond donors (Lipinski definition) is 3. The van der Waals surface area contributed by atoms with Gasteiger partial charge in [0.2, 0.25) is 5.88 Å². The molecule has 0 spiro atoms. The summed E-state index contributed by atoms with van der Waals surface area (Å²) >= 11 is 0. The highest BCUT2D eigenvalue weighted by Gasteiger charge is 2.33. The molecule has 1 saturated heterocycles. The zero-order valence-corrected chi connectivity index (χ0v) is 12.4. The maximum absolute atomic E-state index is 13.0. The minimum Gasteiger partial charge on any atom is -0.474 e. The summed E-state index contributed by atoms with van der Waals surface area (Å²) in [4.78, 5) is 4.70. The predicted molar refractivity (Wildman–Crippen MR) is 78.9 cm³/mol. The summed E-state index contributed by atoms with van der Waals surface area (Å²) in [6, 6.07) is 2.34. The molecular formula is C14H18F3N5O. The van der Waals surface area contributed by atoms with Crippen molar-refractivity contribution in [1.29, 1.82) is 10.8 Å². The molecule has 0 aromatic carbocycles. The van der Waals surface area contributed by atoms with Gasteiger partial charge in [0.25, 0.3) is 0 Å². The monoisotopic (exact) mass is 329 g/mol. The van der Waals surface area contributed by atoms with Gasteiger partial charge in [0, 0.05) is 6.07 Å². The van der Waals surface area contributed by atoms with Crippen LogP contribution in [0.3, 0.4) is 0 Å². The Morgan fingerprint density at radius 3 is 2.48 bits per heavy atom. The zero-order chi connectivity index (χ0) is 16.9. The van der Waals surface area contributed by atoms with Crippen molar-refractivity contribution in [2.45, 2.75) is 31.7 Å². The Balaban J connectivity index is 2.25. The zero-order valence-electron chi connectivity index (χ0n) is 12.4. The largest absolute Gasteiger partial charge is 0.474 e. The van der Waals surface area contributed by atoms with Gasteiger partial charge in [0.1, 0.15) is 11.8 Å². The molecule has 0 radical (unpaired) electrons. The fourth-order valence-electron chi connectivity index (χ4n) is 2.28. The maximum atomic E-state index is 13.0. The summed E-state index contributed by atoms with van der Waals surface area (Å²) in [5, 5.41) is 17.4. The molecule has 2 rings (SSSR count). The van der Waals surface area contributed by atoms with Crippen LogP contribution in [0.5, 0.6) is 5.88 Å². The first-order valence-corrected chi connectivity index (χ1v) is 7.15. The summed E-state index contributed by atoms with van der Waals surface area (Å²) in [7, 11) is 0. The van der Waals surface area contributed by atoms with Crippen molar-refractivity contribution < 1.29 is 17.9 Å². The van der Waals surface area contributed by atoms with Gasteiger partial charge < -0.3 is 15.0 Å². The molecule has 3 N–H and O–H groups in total. The van der Waals surface area contributed by atoms with E-state index < -0.39 is 11.9 Å². The smallest absolute Gasteiger partial charge is 0.433 e. The highest BCUT2D eigenvalue weighted by atomic mass is 19.4. The average molecular weight is 329 g/mol. The van der Waals surface area contributed by atoms with E-state index in [1.54, 1.807) is 0 Å². The number of pyridine rings is 1. The van der Waals surface area contributed by atoms with Gasteiger partial charge in [0.05, 0.1) is 19.2 Å². The quantitative estimate of drug-likeness (QED) is 0.552. The average Bonchev–Trinajstić information content (AvgIpc) is 2.52. The van der Waals surface area contributed by atoms with Crippen LogP contribution in [0.15, 0.2) is 12.1 Å². The van der Waals surface area contributed by atoms with Gasteiger partial charge in [0.15, 0.2) is 0 Å². The molecule has 0 amide bonds. The van der Waals surface area contributed by atoms with Crippen LogP contribution in [-0.2, 0) is 12.7 Å². The lowest BCUT2D eigenvalue weighted by molar-refractivity contribution is -0.141. The van der Waals surface area contributed by atoms with E-state index in [1.807, 2.05) is 0 Å². The normalized spacial score (nSPS) is 16.0. The van der Waals surface area contributed by atoms with Crippen LogP contribution in [0.25, 0.3) is 0 Å². The summed E-state index contributed by atoms with van der Waals surface area (Å²) in [6.07, 6.45) is -1.59. The first-order valence-electron chi connectivity index (χ1n) is 7.15. The summed E-state index contributed by atoms with van der Waals surface area (Å²) < 4.78 is 44.6. The first kappa shape index (κ1) is 17.2. The molecule has 126 valence electrons. The Hall–Kier alpha value is -2.16. The van der Waals surface area contributed by atoms with E-state index >= 15 is 0 Å². The van der Waals surface area contributed by atoms with Crippen LogP contribution in [-0.4, -0.2) is 41.8 Å². The lowest BCUT2D eigenvalue weighted by Gasteiger charge is -2.24. The van der Waals surface area contributed by atoms with Crippen molar-refractivity contribution in [2.75, 3.05) is 13.1 Å². The molecular weight excluding hydrogens is 311 g/mol. The van der Waals surface area contributed by atoms with Gasteiger partial charge in [-0.15, -0.1) is 0 Å². The Kier molecular flexibility index (Phi) is 5.54. The lowest BCUT2D eigenvalue weighted by Crippen LogP contribution is -2.34. The standard InChI is InChI=1S/C14H18F3N5O/c15-14(16,17)12-5-10(7-22(8-18)9-19)6-13(21-12)23-11-1-3-20-4-2-11/h5-6,8-9,11,18-20H,1-4,7H2. The number of hydrogen-bond acceptors (Lipinski definition) is 5. The molecule has 23 heavy (non-hydrogen) atoms. The lowest BCUT2D eigenvalue weighted by atomic mass is 10.1. The van der Waals surface area contributed by atoms with Crippen molar-refractivity contribution in [2.24, 2.45) is 0 Å². The molecule has 2 heterocycles. The summed E-state index contributed by atoms with van der Waals surface area (Å²) in [5.74, 6) is -0.0726. The van der Waals surface area contributed by atoms with Crippen molar-refractivity contribution in [3.63, 3.8) is 0 Å². The third kappa shape index (κ3) is 4.92. The van der Waals surface area contributed by atoms with Gasteiger partial charge in [-0.1, -0.05) is 0 Å².